The molecule has 1 aliphatic heterocycles. The zero-order valence-corrected chi connectivity index (χ0v) is 35.7. The zero-order chi connectivity index (χ0) is 39.3. The minimum Gasteiger partial charge on any atom is -0.429 e. The van der Waals surface area contributed by atoms with Crippen LogP contribution in [0.4, 0.5) is 4.79 Å². The quantitative estimate of drug-likeness (QED) is 0.0631. The Kier molecular flexibility index (Phi) is 17.3. The number of nitrogens with zero attached hydrogens (tertiary/aromatic N) is 1. The molecule has 0 bridgehead atoms. The molecule has 4 saturated carbocycles. The van der Waals surface area contributed by atoms with Gasteiger partial charge in [-0.25, -0.2) is 4.79 Å². The number of nitrogens with one attached hydrogen (secondary N) is 1. The number of ether oxygens (including phenoxy) is 1. The van der Waals surface area contributed by atoms with Crippen LogP contribution in [0.1, 0.15) is 214 Å². The normalized spacial score (nSPS) is 32.1. The molecule has 55 heavy (non-hydrogen) atoms. The molecule has 1 N–H and O–H groups in total. The molecule has 314 valence electrons. The number of hydrogen-bond donors (Lipinski definition) is 1. The van der Waals surface area contributed by atoms with Crippen LogP contribution in [0.3, 0.4) is 0 Å². The molecule has 3 unspecified atom stereocenters. The third kappa shape index (κ3) is 11.7. The van der Waals surface area contributed by atoms with Crippen LogP contribution in [-0.2, 0) is 24.0 Å². The Hall–Kier alpha value is -2.12. The Morgan fingerprint density at radius 1 is 0.727 bits per heavy atom. The highest BCUT2D eigenvalue weighted by atomic mass is 16.8. The molecule has 0 aromatic heterocycles. The molecule has 0 radical (unpaired) electrons. The highest BCUT2D eigenvalue weighted by molar-refractivity contribution is 6.01. The first-order valence-corrected chi connectivity index (χ1v) is 23.6. The van der Waals surface area contributed by atoms with E-state index in [0.717, 1.165) is 50.5 Å². The Balaban J connectivity index is 0.927. The molecule has 4 aliphatic carbocycles. The molecule has 8 nitrogen and oxygen atoms in total. The van der Waals surface area contributed by atoms with Gasteiger partial charge in [-0.3, -0.25) is 19.2 Å². The Bertz CT molecular complexity index is 1220. The predicted molar refractivity (Wildman–Crippen MR) is 219 cm³/mol. The maximum absolute atomic E-state index is 12.9. The van der Waals surface area contributed by atoms with Crippen LogP contribution >= 0.6 is 0 Å². The van der Waals surface area contributed by atoms with E-state index in [9.17, 15) is 19.2 Å². The number of imide groups is 1. The van der Waals surface area contributed by atoms with Crippen LogP contribution in [0.15, 0.2) is 0 Å². The van der Waals surface area contributed by atoms with Crippen molar-refractivity contribution < 1.29 is 28.8 Å². The SMILES string of the molecule is CCCCCCCCCCCCCCCCCCNC(=O)CC[C@@H](C)[C@H]1CCC2C3CC[C@@H]4C[C@H](OC(=O)ON5C(=O)CCC5=O)CC[C@]4(C)C3CC[C@@]21C. The van der Waals surface area contributed by atoms with Gasteiger partial charge >= 0.3 is 6.16 Å². The topological polar surface area (TPSA) is 102 Å². The summed E-state index contributed by atoms with van der Waals surface area (Å²) in [6, 6.07) is 0. The molecule has 1 heterocycles. The van der Waals surface area contributed by atoms with Gasteiger partial charge < -0.3 is 10.1 Å². The summed E-state index contributed by atoms with van der Waals surface area (Å²) in [5.41, 5.74) is 0.616. The third-order valence-corrected chi connectivity index (χ3v) is 16.0. The lowest BCUT2D eigenvalue weighted by Gasteiger charge is -2.61. The summed E-state index contributed by atoms with van der Waals surface area (Å²) < 4.78 is 5.68. The highest BCUT2D eigenvalue weighted by Crippen LogP contribution is 2.68. The van der Waals surface area contributed by atoms with Crippen LogP contribution in [0.5, 0.6) is 0 Å². The number of amides is 3. The molecular weight excluding hydrogens is 689 g/mol. The monoisotopic (exact) mass is 769 g/mol. The van der Waals surface area contributed by atoms with Crippen molar-refractivity contribution in [1.29, 1.82) is 0 Å². The fourth-order valence-corrected chi connectivity index (χ4v) is 12.7. The minimum atomic E-state index is -0.932. The van der Waals surface area contributed by atoms with Gasteiger partial charge in [-0.05, 0) is 117 Å². The van der Waals surface area contributed by atoms with Crippen molar-refractivity contribution in [1.82, 2.24) is 10.4 Å². The second-order valence-corrected chi connectivity index (χ2v) is 19.5. The van der Waals surface area contributed by atoms with Crippen LogP contribution in [-0.4, -0.2) is 41.6 Å². The van der Waals surface area contributed by atoms with E-state index in [2.05, 4.69) is 33.0 Å². The fourth-order valence-electron chi connectivity index (χ4n) is 12.7. The van der Waals surface area contributed by atoms with Crippen molar-refractivity contribution in [3.05, 3.63) is 0 Å². The van der Waals surface area contributed by atoms with Gasteiger partial charge in [0.2, 0.25) is 5.91 Å². The standard InChI is InChI=1S/C47H80N2O6/c1-5-6-7-8-9-10-11-12-13-14-15-16-17-18-19-20-33-48-42(50)26-21-35(2)39-24-25-40-38-23-22-36-34-37(54-45(53)55-49-43(51)27-28-44(49)52)29-31-46(36,3)41(38)30-32-47(39,40)4/h35-41H,5-34H2,1-4H3,(H,48,50)/t35-,36-,37-,38?,39-,40?,41?,46+,47-/m1/s1. The lowest BCUT2D eigenvalue weighted by atomic mass is 9.44. The molecule has 1 saturated heterocycles. The molecule has 9 atom stereocenters. The van der Waals surface area contributed by atoms with E-state index < -0.39 is 18.0 Å². The van der Waals surface area contributed by atoms with Crippen LogP contribution in [0.2, 0.25) is 0 Å². The van der Waals surface area contributed by atoms with E-state index in [4.69, 9.17) is 9.57 Å². The zero-order valence-electron chi connectivity index (χ0n) is 35.7. The number of hydroxylamine groups is 2. The average molecular weight is 769 g/mol. The maximum Gasteiger partial charge on any atom is 0.534 e. The molecule has 0 aromatic carbocycles. The first-order valence-electron chi connectivity index (χ1n) is 23.6. The van der Waals surface area contributed by atoms with Gasteiger partial charge in [0, 0.05) is 25.8 Å². The van der Waals surface area contributed by atoms with Crippen molar-refractivity contribution in [3.63, 3.8) is 0 Å². The van der Waals surface area contributed by atoms with Gasteiger partial charge in [0.05, 0.1) is 0 Å². The lowest BCUT2D eigenvalue weighted by Crippen LogP contribution is -2.54. The molecule has 5 rings (SSSR count). The van der Waals surface area contributed by atoms with Crippen molar-refractivity contribution >= 4 is 23.9 Å². The van der Waals surface area contributed by atoms with E-state index in [1.165, 1.54) is 135 Å². The van der Waals surface area contributed by atoms with Crippen molar-refractivity contribution in [2.24, 2.45) is 46.3 Å². The maximum atomic E-state index is 12.9. The Morgan fingerprint density at radius 3 is 1.91 bits per heavy atom. The van der Waals surface area contributed by atoms with Crippen LogP contribution in [0, 0.1) is 46.3 Å². The van der Waals surface area contributed by atoms with Crippen molar-refractivity contribution in [2.45, 2.75) is 220 Å². The number of unbranched alkanes of at least 4 members (excludes halogenated alkanes) is 15. The fraction of sp³-hybridized carbons (Fsp3) is 0.915. The summed E-state index contributed by atoms with van der Waals surface area (Å²) in [7, 11) is 0. The van der Waals surface area contributed by atoms with Crippen LogP contribution in [0.25, 0.3) is 0 Å². The predicted octanol–water partition coefficient (Wildman–Crippen LogP) is 12.0. The van der Waals surface area contributed by atoms with Crippen molar-refractivity contribution in [3.8, 4) is 0 Å². The van der Waals surface area contributed by atoms with Gasteiger partial charge in [-0.2, -0.15) is 0 Å². The van der Waals surface area contributed by atoms with Gasteiger partial charge in [-0.1, -0.05) is 129 Å². The smallest absolute Gasteiger partial charge is 0.429 e. The molecule has 5 fully saturated rings. The summed E-state index contributed by atoms with van der Waals surface area (Å²) in [4.78, 5) is 54.1. The molecule has 5 aliphatic rings. The molecular formula is C47H80N2O6. The van der Waals surface area contributed by atoms with E-state index in [1.54, 1.807) is 0 Å². The van der Waals surface area contributed by atoms with Gasteiger partial charge in [0.15, 0.2) is 0 Å². The second kappa shape index (κ2) is 21.6. The first kappa shape index (κ1) is 44.0. The molecule has 8 heteroatoms. The van der Waals surface area contributed by atoms with E-state index in [1.807, 2.05) is 0 Å². The van der Waals surface area contributed by atoms with E-state index >= 15 is 0 Å². The molecule has 3 amide bonds. The number of carbonyl (C=O) groups excluding carboxylic acids is 4. The van der Waals surface area contributed by atoms with Crippen molar-refractivity contribution in [2.75, 3.05) is 6.54 Å². The van der Waals surface area contributed by atoms with Gasteiger partial charge in [0.25, 0.3) is 11.8 Å². The van der Waals surface area contributed by atoms with Gasteiger partial charge in [0.1, 0.15) is 6.10 Å². The summed E-state index contributed by atoms with van der Waals surface area (Å²) in [5, 5.41) is 3.82. The van der Waals surface area contributed by atoms with Gasteiger partial charge in [-0.15, -0.1) is 0 Å². The number of fused-ring (bicyclic) bond motifs is 5. The summed E-state index contributed by atoms with van der Waals surface area (Å²) in [6.45, 7) is 10.7. The Morgan fingerprint density at radius 2 is 1.29 bits per heavy atom. The number of rotatable bonds is 23. The average Bonchev–Trinajstić information content (AvgIpc) is 3.69. The lowest BCUT2D eigenvalue weighted by molar-refractivity contribution is -0.181. The summed E-state index contributed by atoms with van der Waals surface area (Å²) >= 11 is 0. The highest BCUT2D eigenvalue weighted by Gasteiger charge is 2.60. The number of carbonyl (C=O) groups is 4. The number of hydrogen-bond acceptors (Lipinski definition) is 6. The summed E-state index contributed by atoms with van der Waals surface area (Å²) in [6.07, 6.45) is 32.8. The van der Waals surface area contributed by atoms with Crippen LogP contribution < -0.4 is 5.32 Å². The second-order valence-electron chi connectivity index (χ2n) is 19.5. The molecule has 0 spiro atoms. The Labute approximate surface area is 335 Å². The largest absolute Gasteiger partial charge is 0.534 e. The first-order chi connectivity index (χ1) is 26.6. The molecule has 0 aromatic rings. The van der Waals surface area contributed by atoms with E-state index in [-0.39, 0.29) is 30.3 Å². The summed E-state index contributed by atoms with van der Waals surface area (Å²) in [5.74, 6) is 3.29. The minimum absolute atomic E-state index is 0.0784. The third-order valence-electron chi connectivity index (χ3n) is 16.0. The van der Waals surface area contributed by atoms with E-state index in [0.29, 0.717) is 40.6 Å².